The first-order chi connectivity index (χ1) is 13.6. The number of aryl methyl sites for hydroxylation is 2. The van der Waals surface area contributed by atoms with Gasteiger partial charge in [-0.05, 0) is 62.3 Å². The Morgan fingerprint density at radius 3 is 2.36 bits per heavy atom. The monoisotopic (exact) mass is 384 g/mol. The third-order valence-corrected chi connectivity index (χ3v) is 5.52. The van der Waals surface area contributed by atoms with E-state index in [2.05, 4.69) is 42.4 Å². The van der Waals surface area contributed by atoms with Gasteiger partial charge in [-0.25, -0.2) is 4.68 Å². The van der Waals surface area contributed by atoms with Crippen molar-refractivity contribution >= 4 is 11.6 Å². The zero-order valence-electron chi connectivity index (χ0n) is 16.7. The fraction of sp³-hybridized carbons (Fsp3) is 0.632. The lowest BCUT2D eigenvalue weighted by Crippen LogP contribution is -2.49. The highest BCUT2D eigenvalue weighted by atomic mass is 16.2. The molecule has 2 aromatic heterocycles. The summed E-state index contributed by atoms with van der Waals surface area (Å²) >= 11 is 0. The minimum Gasteiger partial charge on any atom is -0.368 e. The van der Waals surface area contributed by atoms with Crippen LogP contribution in [-0.2, 0) is 17.9 Å². The molecule has 9 nitrogen and oxygen atoms in total. The Kier molecular flexibility index (Phi) is 5.52. The smallest absolute Gasteiger partial charge is 0.244 e. The molecule has 0 radical (unpaired) electrons. The fourth-order valence-corrected chi connectivity index (χ4v) is 4.04. The number of carbonyl (C=O) groups excluding carboxylic acids is 1. The molecule has 0 spiro atoms. The minimum atomic E-state index is 0.0803. The molecule has 2 aliphatic heterocycles. The number of amides is 1. The van der Waals surface area contributed by atoms with Crippen molar-refractivity contribution in [3.63, 3.8) is 0 Å². The summed E-state index contributed by atoms with van der Waals surface area (Å²) in [7, 11) is 0. The number of anilines is 1. The number of hydrogen-bond acceptors (Lipinski definition) is 7. The van der Waals surface area contributed by atoms with Crippen LogP contribution in [0.5, 0.6) is 0 Å². The number of tetrazole rings is 1. The summed E-state index contributed by atoms with van der Waals surface area (Å²) in [6.07, 6.45) is 2.45. The van der Waals surface area contributed by atoms with Gasteiger partial charge in [0.25, 0.3) is 0 Å². The molecule has 1 amide bonds. The number of nitrogens with zero attached hydrogens (tertiary/aromatic N) is 8. The molecule has 2 fully saturated rings. The quantitative estimate of drug-likeness (QED) is 0.748. The van der Waals surface area contributed by atoms with Crippen LogP contribution in [0.2, 0.25) is 0 Å². The van der Waals surface area contributed by atoms with Gasteiger partial charge >= 0.3 is 0 Å². The number of carbonyl (C=O) groups is 1. The number of pyridine rings is 1. The van der Waals surface area contributed by atoms with Gasteiger partial charge in [0.05, 0.1) is 6.54 Å². The maximum atomic E-state index is 12.8. The number of piperazine rings is 1. The molecule has 2 aromatic rings. The van der Waals surface area contributed by atoms with E-state index in [0.29, 0.717) is 13.1 Å². The molecule has 0 N–H and O–H groups in total. The molecule has 0 bridgehead atoms. The van der Waals surface area contributed by atoms with Crippen LogP contribution < -0.4 is 4.90 Å². The van der Waals surface area contributed by atoms with Gasteiger partial charge in [0.2, 0.25) is 5.91 Å². The Hall–Kier alpha value is -2.55. The van der Waals surface area contributed by atoms with Crippen LogP contribution in [0.15, 0.2) is 12.1 Å². The van der Waals surface area contributed by atoms with E-state index >= 15 is 0 Å². The van der Waals surface area contributed by atoms with E-state index in [1.54, 1.807) is 4.68 Å². The fourth-order valence-electron chi connectivity index (χ4n) is 4.04. The van der Waals surface area contributed by atoms with Gasteiger partial charge in [-0.15, -0.1) is 5.10 Å². The average Bonchev–Trinajstić information content (AvgIpc) is 3.34. The van der Waals surface area contributed by atoms with E-state index in [9.17, 15) is 4.79 Å². The van der Waals surface area contributed by atoms with Crippen LogP contribution in [-0.4, -0.2) is 80.2 Å². The van der Waals surface area contributed by atoms with Gasteiger partial charge in [0.1, 0.15) is 6.54 Å². The molecule has 4 heterocycles. The first-order valence-corrected chi connectivity index (χ1v) is 10.0. The van der Waals surface area contributed by atoms with Crippen LogP contribution in [0.25, 0.3) is 0 Å². The molecule has 0 atom stereocenters. The second-order valence-electron chi connectivity index (χ2n) is 7.71. The lowest BCUT2D eigenvalue weighted by Gasteiger charge is -2.36. The molecule has 2 saturated heterocycles. The normalized spacial score (nSPS) is 18.1. The van der Waals surface area contributed by atoms with E-state index in [1.165, 1.54) is 18.5 Å². The Bertz CT molecular complexity index is 801. The van der Waals surface area contributed by atoms with Gasteiger partial charge in [0, 0.05) is 43.3 Å². The lowest BCUT2D eigenvalue weighted by molar-refractivity contribution is -0.132. The molecule has 4 rings (SSSR count). The van der Waals surface area contributed by atoms with Crippen molar-refractivity contribution in [2.45, 2.75) is 39.8 Å². The highest BCUT2D eigenvalue weighted by Gasteiger charge is 2.24. The Labute approximate surface area is 165 Å². The zero-order chi connectivity index (χ0) is 19.5. The van der Waals surface area contributed by atoms with E-state index < -0.39 is 0 Å². The van der Waals surface area contributed by atoms with Crippen molar-refractivity contribution in [3.05, 3.63) is 29.3 Å². The van der Waals surface area contributed by atoms with Crippen molar-refractivity contribution in [1.29, 1.82) is 0 Å². The topological polar surface area (TPSA) is 83.3 Å². The van der Waals surface area contributed by atoms with Crippen LogP contribution in [0.1, 0.15) is 30.1 Å². The van der Waals surface area contributed by atoms with E-state index in [1.807, 2.05) is 18.7 Å². The van der Waals surface area contributed by atoms with Gasteiger partial charge in [-0.2, -0.15) is 0 Å². The van der Waals surface area contributed by atoms with E-state index in [4.69, 9.17) is 0 Å². The lowest BCUT2D eigenvalue weighted by atomic mass is 10.2. The average molecular weight is 384 g/mol. The second kappa shape index (κ2) is 8.22. The van der Waals surface area contributed by atoms with Gasteiger partial charge in [0.15, 0.2) is 5.82 Å². The van der Waals surface area contributed by atoms with Crippen molar-refractivity contribution < 1.29 is 4.79 Å². The van der Waals surface area contributed by atoms with Gasteiger partial charge in [-0.1, -0.05) is 0 Å². The van der Waals surface area contributed by atoms with Crippen molar-refractivity contribution in [2.75, 3.05) is 44.2 Å². The number of likely N-dealkylation sites (tertiary alicyclic amines) is 1. The number of hydrogen-bond donors (Lipinski definition) is 0. The highest BCUT2D eigenvalue weighted by molar-refractivity contribution is 5.76. The van der Waals surface area contributed by atoms with Crippen molar-refractivity contribution in [1.82, 2.24) is 35.0 Å². The number of rotatable bonds is 5. The summed E-state index contributed by atoms with van der Waals surface area (Å²) in [6, 6.07) is 4.21. The summed E-state index contributed by atoms with van der Waals surface area (Å²) < 4.78 is 1.66. The van der Waals surface area contributed by atoms with Crippen LogP contribution in [0, 0.1) is 13.8 Å². The zero-order valence-corrected chi connectivity index (χ0v) is 16.7. The summed E-state index contributed by atoms with van der Waals surface area (Å²) in [5, 5.41) is 11.9. The molecule has 28 heavy (non-hydrogen) atoms. The summed E-state index contributed by atoms with van der Waals surface area (Å²) in [6.45, 7) is 10.2. The summed E-state index contributed by atoms with van der Waals surface area (Å²) in [5.41, 5.74) is 3.24. The molecule has 0 saturated carbocycles. The predicted octanol–water partition coefficient (Wildman–Crippen LogP) is 0.630. The number of aromatic nitrogens is 5. The Morgan fingerprint density at radius 1 is 1.00 bits per heavy atom. The second-order valence-corrected chi connectivity index (χ2v) is 7.71. The first kappa shape index (κ1) is 18.8. The summed E-state index contributed by atoms with van der Waals surface area (Å²) in [4.78, 5) is 23.8. The highest BCUT2D eigenvalue weighted by Crippen LogP contribution is 2.19. The minimum absolute atomic E-state index is 0.0803. The maximum Gasteiger partial charge on any atom is 0.244 e. The standard InChI is InChI=1S/C19H28N8O/c1-15-11-17(12-16(2)20-15)25-7-9-26(10-8-25)19(28)14-27-18(21-22-23-27)13-24-5-3-4-6-24/h11-12H,3-10,13-14H2,1-2H3. The van der Waals surface area contributed by atoms with Gasteiger partial charge in [-0.3, -0.25) is 14.7 Å². The summed E-state index contributed by atoms with van der Waals surface area (Å²) in [5.74, 6) is 0.855. The van der Waals surface area contributed by atoms with Crippen molar-refractivity contribution in [2.24, 2.45) is 0 Å². The van der Waals surface area contributed by atoms with Gasteiger partial charge < -0.3 is 9.80 Å². The molecule has 0 aliphatic carbocycles. The third kappa shape index (κ3) is 4.30. The predicted molar refractivity (Wildman–Crippen MR) is 105 cm³/mol. The molecular formula is C19H28N8O. The van der Waals surface area contributed by atoms with Crippen LogP contribution in [0.4, 0.5) is 5.69 Å². The maximum absolute atomic E-state index is 12.8. The molecule has 0 aromatic carbocycles. The largest absolute Gasteiger partial charge is 0.368 e. The molecular weight excluding hydrogens is 356 g/mol. The molecule has 0 unspecified atom stereocenters. The Balaban J connectivity index is 1.33. The van der Waals surface area contributed by atoms with Crippen LogP contribution >= 0.6 is 0 Å². The van der Waals surface area contributed by atoms with Crippen LogP contribution in [0.3, 0.4) is 0 Å². The van der Waals surface area contributed by atoms with E-state index in [-0.39, 0.29) is 12.5 Å². The molecule has 150 valence electrons. The van der Waals surface area contributed by atoms with Crippen molar-refractivity contribution in [3.8, 4) is 0 Å². The SMILES string of the molecule is Cc1cc(N2CCN(C(=O)Cn3nnnc3CN3CCCC3)CC2)cc(C)n1. The third-order valence-electron chi connectivity index (χ3n) is 5.52. The molecule has 9 heteroatoms. The Morgan fingerprint density at radius 2 is 1.68 bits per heavy atom. The van der Waals surface area contributed by atoms with E-state index in [0.717, 1.165) is 49.9 Å². The first-order valence-electron chi connectivity index (χ1n) is 10.0. The molecule has 2 aliphatic rings.